The van der Waals surface area contributed by atoms with Gasteiger partial charge in [-0.25, -0.2) is 4.79 Å². The number of nitrogens with zero attached hydrogens (tertiary/aromatic N) is 2. The van der Waals surface area contributed by atoms with Crippen LogP contribution in [0.5, 0.6) is 5.88 Å². The molecule has 1 aliphatic heterocycles. The molecule has 7 heteroatoms. The van der Waals surface area contributed by atoms with Gasteiger partial charge in [0.25, 0.3) is 0 Å². The minimum absolute atomic E-state index is 0.250. The van der Waals surface area contributed by atoms with Gasteiger partial charge in [-0.05, 0) is 13.8 Å². The van der Waals surface area contributed by atoms with E-state index in [0.717, 1.165) is 0 Å². The van der Waals surface area contributed by atoms with E-state index in [-0.39, 0.29) is 13.0 Å². The molecule has 0 aliphatic carbocycles. The highest BCUT2D eigenvalue weighted by Crippen LogP contribution is 2.28. The van der Waals surface area contributed by atoms with Crippen molar-refractivity contribution in [2.75, 3.05) is 13.2 Å². The molecular weight excluding hydrogens is 252 g/mol. The SMILES string of the molecule is CCOc1nc(=O)n([C@@H]2C[C@H](O)[C@@H](CO)O2)cc1C. The van der Waals surface area contributed by atoms with Crippen LogP contribution in [0.4, 0.5) is 0 Å². The topological polar surface area (TPSA) is 93.8 Å². The molecule has 0 radical (unpaired) electrons. The average Bonchev–Trinajstić information content (AvgIpc) is 2.75. The van der Waals surface area contributed by atoms with Gasteiger partial charge in [0.15, 0.2) is 0 Å². The molecule has 1 aromatic heterocycles. The summed E-state index contributed by atoms with van der Waals surface area (Å²) in [6.07, 6.45) is -0.211. The third kappa shape index (κ3) is 2.78. The van der Waals surface area contributed by atoms with Gasteiger partial charge in [-0.2, -0.15) is 4.98 Å². The number of hydrogen-bond acceptors (Lipinski definition) is 6. The Balaban J connectivity index is 2.27. The lowest BCUT2D eigenvalue weighted by Gasteiger charge is -2.15. The number of rotatable bonds is 4. The summed E-state index contributed by atoms with van der Waals surface area (Å²) in [5.74, 6) is 0.306. The van der Waals surface area contributed by atoms with Crippen molar-refractivity contribution in [1.29, 1.82) is 0 Å². The van der Waals surface area contributed by atoms with Gasteiger partial charge in [0.1, 0.15) is 12.3 Å². The monoisotopic (exact) mass is 270 g/mol. The van der Waals surface area contributed by atoms with Crippen LogP contribution in [0.25, 0.3) is 0 Å². The first-order valence-electron chi connectivity index (χ1n) is 6.23. The standard InChI is InChI=1S/C12H18N2O5/c1-3-18-11-7(2)5-14(12(17)13-11)10-4-8(16)9(6-15)19-10/h5,8-10,15-16H,3-4,6H2,1-2H3/t8-,9+,10-/m0/s1. The van der Waals surface area contributed by atoms with E-state index in [0.29, 0.717) is 18.1 Å². The van der Waals surface area contributed by atoms with Crippen LogP contribution in [0, 0.1) is 6.92 Å². The van der Waals surface area contributed by atoms with Gasteiger partial charge in [0.2, 0.25) is 5.88 Å². The minimum atomic E-state index is -0.784. The molecule has 0 saturated carbocycles. The van der Waals surface area contributed by atoms with E-state index in [1.54, 1.807) is 13.1 Å². The van der Waals surface area contributed by atoms with Gasteiger partial charge in [-0.1, -0.05) is 0 Å². The summed E-state index contributed by atoms with van der Waals surface area (Å²) in [7, 11) is 0. The molecule has 1 saturated heterocycles. The van der Waals surface area contributed by atoms with Gasteiger partial charge in [0, 0.05) is 18.2 Å². The van der Waals surface area contributed by atoms with Crippen LogP contribution in [0.2, 0.25) is 0 Å². The number of ether oxygens (including phenoxy) is 2. The van der Waals surface area contributed by atoms with Gasteiger partial charge in [-0.3, -0.25) is 4.57 Å². The fraction of sp³-hybridized carbons (Fsp3) is 0.667. The van der Waals surface area contributed by atoms with Crippen molar-refractivity contribution in [1.82, 2.24) is 9.55 Å². The zero-order valence-electron chi connectivity index (χ0n) is 10.9. The maximum absolute atomic E-state index is 11.9. The van der Waals surface area contributed by atoms with Gasteiger partial charge in [-0.15, -0.1) is 0 Å². The van der Waals surface area contributed by atoms with Crippen molar-refractivity contribution in [2.45, 2.75) is 38.7 Å². The summed E-state index contributed by atoms with van der Waals surface area (Å²) in [6.45, 7) is 3.75. The Labute approximate surface area is 110 Å². The molecule has 2 heterocycles. The first-order valence-corrected chi connectivity index (χ1v) is 6.23. The molecule has 2 rings (SSSR count). The molecule has 19 heavy (non-hydrogen) atoms. The fourth-order valence-corrected chi connectivity index (χ4v) is 2.09. The van der Waals surface area contributed by atoms with Crippen LogP contribution in [0.3, 0.4) is 0 Å². The van der Waals surface area contributed by atoms with Crippen LogP contribution < -0.4 is 10.4 Å². The van der Waals surface area contributed by atoms with Gasteiger partial charge in [0.05, 0.1) is 19.3 Å². The Morgan fingerprint density at radius 1 is 1.63 bits per heavy atom. The zero-order chi connectivity index (χ0) is 14.0. The lowest BCUT2D eigenvalue weighted by atomic mass is 10.2. The van der Waals surface area contributed by atoms with E-state index in [2.05, 4.69) is 4.98 Å². The first-order chi connectivity index (χ1) is 9.06. The van der Waals surface area contributed by atoms with E-state index in [1.807, 2.05) is 6.92 Å². The summed E-state index contributed by atoms with van der Waals surface area (Å²) in [5.41, 5.74) is 0.219. The molecule has 0 spiro atoms. The van der Waals surface area contributed by atoms with Crippen LogP contribution in [0.15, 0.2) is 11.0 Å². The molecule has 0 aromatic carbocycles. The molecular formula is C12H18N2O5. The molecule has 0 amide bonds. The van der Waals surface area contributed by atoms with Gasteiger partial charge < -0.3 is 19.7 Å². The third-order valence-corrected chi connectivity index (χ3v) is 3.06. The normalized spacial score (nSPS) is 26.6. The molecule has 7 nitrogen and oxygen atoms in total. The van der Waals surface area contributed by atoms with Crippen LogP contribution in [-0.2, 0) is 4.74 Å². The van der Waals surface area contributed by atoms with E-state index in [9.17, 15) is 9.90 Å². The second-order valence-electron chi connectivity index (χ2n) is 4.47. The maximum atomic E-state index is 11.9. The van der Waals surface area contributed by atoms with Crippen molar-refractivity contribution in [3.63, 3.8) is 0 Å². The third-order valence-electron chi connectivity index (χ3n) is 3.06. The number of aliphatic hydroxyl groups is 2. The molecule has 106 valence electrons. The average molecular weight is 270 g/mol. The Morgan fingerprint density at radius 3 is 2.95 bits per heavy atom. The summed E-state index contributed by atoms with van der Waals surface area (Å²) >= 11 is 0. The molecule has 1 fully saturated rings. The first kappa shape index (κ1) is 14.0. The summed E-state index contributed by atoms with van der Waals surface area (Å²) < 4.78 is 12.0. The quantitative estimate of drug-likeness (QED) is 0.772. The lowest BCUT2D eigenvalue weighted by molar-refractivity contribution is -0.0460. The smallest absolute Gasteiger partial charge is 0.352 e. The molecule has 1 aliphatic rings. The van der Waals surface area contributed by atoms with Crippen molar-refractivity contribution in [3.05, 3.63) is 22.2 Å². The van der Waals surface area contributed by atoms with E-state index in [1.165, 1.54) is 4.57 Å². The van der Waals surface area contributed by atoms with E-state index in [4.69, 9.17) is 14.6 Å². The summed E-state index contributed by atoms with van der Waals surface area (Å²) in [6, 6.07) is 0. The van der Waals surface area contributed by atoms with E-state index < -0.39 is 24.1 Å². The number of hydrogen-bond donors (Lipinski definition) is 2. The van der Waals surface area contributed by atoms with Gasteiger partial charge >= 0.3 is 5.69 Å². The molecule has 2 N–H and O–H groups in total. The molecule has 0 bridgehead atoms. The lowest BCUT2D eigenvalue weighted by Crippen LogP contribution is -2.28. The fourth-order valence-electron chi connectivity index (χ4n) is 2.09. The maximum Gasteiger partial charge on any atom is 0.352 e. The van der Waals surface area contributed by atoms with Crippen LogP contribution >= 0.6 is 0 Å². The number of aryl methyl sites for hydroxylation is 1. The Hall–Kier alpha value is -1.44. The number of aliphatic hydroxyl groups excluding tert-OH is 2. The van der Waals surface area contributed by atoms with Crippen molar-refractivity contribution < 1.29 is 19.7 Å². The molecule has 0 unspecified atom stereocenters. The second-order valence-corrected chi connectivity index (χ2v) is 4.47. The van der Waals surface area contributed by atoms with Crippen LogP contribution in [-0.4, -0.2) is 45.2 Å². The largest absolute Gasteiger partial charge is 0.478 e. The minimum Gasteiger partial charge on any atom is -0.478 e. The van der Waals surface area contributed by atoms with E-state index >= 15 is 0 Å². The van der Waals surface area contributed by atoms with Crippen molar-refractivity contribution in [3.8, 4) is 5.88 Å². The highest BCUT2D eigenvalue weighted by Gasteiger charge is 2.35. The predicted octanol–water partition coefficient (Wildman–Crippen LogP) is -0.409. The molecule has 3 atom stereocenters. The highest BCUT2D eigenvalue weighted by atomic mass is 16.5. The van der Waals surface area contributed by atoms with Crippen molar-refractivity contribution in [2.24, 2.45) is 0 Å². The van der Waals surface area contributed by atoms with Crippen LogP contribution in [0.1, 0.15) is 25.1 Å². The molecule has 1 aromatic rings. The summed E-state index contributed by atoms with van der Waals surface area (Å²) in [5, 5.41) is 18.7. The second kappa shape index (κ2) is 5.68. The number of aromatic nitrogens is 2. The Morgan fingerprint density at radius 2 is 2.37 bits per heavy atom. The Bertz CT molecular complexity index is 501. The van der Waals surface area contributed by atoms with Crippen molar-refractivity contribution >= 4 is 0 Å². The Kier molecular flexibility index (Phi) is 4.18. The highest BCUT2D eigenvalue weighted by molar-refractivity contribution is 5.20. The predicted molar refractivity (Wildman–Crippen MR) is 66.0 cm³/mol. The summed E-state index contributed by atoms with van der Waals surface area (Å²) in [4.78, 5) is 15.7. The zero-order valence-corrected chi connectivity index (χ0v) is 10.9.